The molecule has 1 aliphatic heterocycles. The zero-order valence-electron chi connectivity index (χ0n) is 11.4. The van der Waals surface area contributed by atoms with Crippen LogP contribution in [0.4, 0.5) is 4.79 Å². The van der Waals surface area contributed by atoms with Crippen molar-refractivity contribution in [3.63, 3.8) is 0 Å². The molecule has 1 aliphatic rings. The second kappa shape index (κ2) is 6.58. The van der Waals surface area contributed by atoms with Gasteiger partial charge in [-0.1, -0.05) is 13.8 Å². The van der Waals surface area contributed by atoms with Crippen LogP contribution >= 0.6 is 0 Å². The summed E-state index contributed by atoms with van der Waals surface area (Å²) in [5, 5.41) is 2.66. The summed E-state index contributed by atoms with van der Waals surface area (Å²) in [6, 6.07) is -0.911. The molecule has 0 spiro atoms. The molecule has 1 heterocycles. The van der Waals surface area contributed by atoms with Crippen molar-refractivity contribution in [2.45, 2.75) is 26.3 Å². The minimum absolute atomic E-state index is 0.227. The van der Waals surface area contributed by atoms with Gasteiger partial charge in [-0.3, -0.25) is 10.5 Å². The lowest BCUT2D eigenvalue weighted by Gasteiger charge is -2.33. The van der Waals surface area contributed by atoms with E-state index in [1.807, 2.05) is 20.9 Å². The van der Waals surface area contributed by atoms with Crippen molar-refractivity contribution < 1.29 is 9.59 Å². The van der Waals surface area contributed by atoms with Crippen molar-refractivity contribution in [3.05, 3.63) is 0 Å². The molecule has 0 aromatic rings. The molecule has 6 nitrogen and oxygen atoms in total. The zero-order chi connectivity index (χ0) is 13.7. The number of amides is 3. The molecule has 6 heteroatoms. The van der Waals surface area contributed by atoms with Crippen LogP contribution in [0.25, 0.3) is 0 Å². The summed E-state index contributed by atoms with van der Waals surface area (Å²) in [6.45, 7) is 6.97. The van der Waals surface area contributed by atoms with Crippen molar-refractivity contribution in [2.24, 2.45) is 5.92 Å². The molecule has 18 heavy (non-hydrogen) atoms. The number of likely N-dealkylation sites (N-methyl/N-ethyl adjacent to an activating group) is 1. The van der Waals surface area contributed by atoms with Gasteiger partial charge < -0.3 is 15.1 Å². The summed E-state index contributed by atoms with van der Waals surface area (Å²) in [6.07, 6.45) is 0.516. The molecule has 0 bridgehead atoms. The van der Waals surface area contributed by atoms with E-state index in [0.29, 0.717) is 19.5 Å². The van der Waals surface area contributed by atoms with Crippen LogP contribution in [-0.2, 0) is 4.79 Å². The fourth-order valence-electron chi connectivity index (χ4n) is 1.95. The molecule has 3 amide bonds. The van der Waals surface area contributed by atoms with E-state index < -0.39 is 11.9 Å². The van der Waals surface area contributed by atoms with Crippen molar-refractivity contribution >= 4 is 11.9 Å². The lowest BCUT2D eigenvalue weighted by Crippen LogP contribution is -2.54. The fraction of sp³-hybridized carbons (Fsp3) is 0.833. The first-order valence-electron chi connectivity index (χ1n) is 6.39. The molecular formula is C12H23N4O2. The van der Waals surface area contributed by atoms with Crippen LogP contribution in [0.5, 0.6) is 0 Å². The quantitative estimate of drug-likeness (QED) is 0.778. The summed E-state index contributed by atoms with van der Waals surface area (Å²) in [4.78, 5) is 27.0. The summed E-state index contributed by atoms with van der Waals surface area (Å²) >= 11 is 0. The molecule has 0 aromatic heterocycles. The smallest absolute Gasteiger partial charge is 0.318 e. The summed E-state index contributed by atoms with van der Waals surface area (Å²) < 4.78 is 0. The first-order chi connectivity index (χ1) is 8.40. The van der Waals surface area contributed by atoms with E-state index in [2.05, 4.69) is 10.2 Å². The fourth-order valence-corrected chi connectivity index (χ4v) is 1.95. The average molecular weight is 255 g/mol. The van der Waals surface area contributed by atoms with Gasteiger partial charge in [0, 0.05) is 26.2 Å². The number of hydrogen-bond acceptors (Lipinski definition) is 3. The first kappa shape index (κ1) is 14.8. The predicted molar refractivity (Wildman–Crippen MR) is 68.9 cm³/mol. The molecule has 1 fully saturated rings. The maximum absolute atomic E-state index is 12.0. The van der Waals surface area contributed by atoms with Crippen molar-refractivity contribution in [1.29, 1.82) is 0 Å². The molecule has 1 saturated heterocycles. The van der Waals surface area contributed by atoms with E-state index in [1.54, 1.807) is 4.90 Å². The van der Waals surface area contributed by atoms with E-state index in [1.165, 1.54) is 0 Å². The standard InChI is InChI=1S/C12H23N4O2/c1-9(2)8-10(11(13)17)14-12(18)16-6-4-15(3)5-7-16/h9-10,13H,4-8H2,1-3H3,(H,14,18)/t10-/m0/s1. The van der Waals surface area contributed by atoms with E-state index in [0.717, 1.165) is 13.1 Å². The average Bonchev–Trinajstić information content (AvgIpc) is 2.28. The molecule has 1 radical (unpaired) electrons. The Balaban J connectivity index is 2.48. The minimum Gasteiger partial charge on any atom is -0.326 e. The number of nitrogens with zero attached hydrogens (tertiary/aromatic N) is 2. The van der Waals surface area contributed by atoms with Gasteiger partial charge in [-0.05, 0) is 19.4 Å². The van der Waals surface area contributed by atoms with Crippen LogP contribution in [0.3, 0.4) is 0 Å². The van der Waals surface area contributed by atoms with Crippen LogP contribution < -0.4 is 11.1 Å². The maximum atomic E-state index is 12.0. The predicted octanol–water partition coefficient (Wildman–Crippen LogP) is 0.168. The normalized spacial score (nSPS) is 18.8. The van der Waals surface area contributed by atoms with Crippen LogP contribution in [-0.4, -0.2) is 61.0 Å². The Morgan fingerprint density at radius 3 is 2.22 bits per heavy atom. The van der Waals surface area contributed by atoms with Crippen molar-refractivity contribution in [3.8, 4) is 0 Å². The van der Waals surface area contributed by atoms with E-state index in [9.17, 15) is 9.59 Å². The number of carbonyl (C=O) groups excluding carboxylic acids is 2. The molecule has 0 aromatic carbocycles. The summed E-state index contributed by atoms with van der Waals surface area (Å²) in [7, 11) is 2.02. The first-order valence-corrected chi connectivity index (χ1v) is 6.39. The molecule has 103 valence electrons. The Labute approximate surface area is 108 Å². The lowest BCUT2D eigenvalue weighted by molar-refractivity contribution is -0.120. The number of urea groups is 1. The monoisotopic (exact) mass is 255 g/mol. The van der Waals surface area contributed by atoms with Crippen LogP contribution in [0.1, 0.15) is 20.3 Å². The molecular weight excluding hydrogens is 232 g/mol. The Kier molecular flexibility index (Phi) is 5.40. The Bertz CT molecular complexity index is 298. The second-order valence-electron chi connectivity index (χ2n) is 5.29. The van der Waals surface area contributed by atoms with Crippen LogP contribution in [0.2, 0.25) is 0 Å². The topological polar surface area (TPSA) is 76.5 Å². The van der Waals surface area contributed by atoms with E-state index in [-0.39, 0.29) is 11.9 Å². The Morgan fingerprint density at radius 1 is 1.22 bits per heavy atom. The van der Waals surface area contributed by atoms with E-state index >= 15 is 0 Å². The van der Waals surface area contributed by atoms with Gasteiger partial charge in [-0.25, -0.2) is 4.79 Å². The Morgan fingerprint density at radius 2 is 1.78 bits per heavy atom. The van der Waals surface area contributed by atoms with E-state index in [4.69, 9.17) is 5.73 Å². The number of nitrogens with one attached hydrogen (secondary N) is 2. The highest BCUT2D eigenvalue weighted by atomic mass is 16.2. The number of piperazine rings is 1. The van der Waals surface area contributed by atoms with Crippen molar-refractivity contribution in [1.82, 2.24) is 20.9 Å². The largest absolute Gasteiger partial charge is 0.326 e. The molecule has 0 aliphatic carbocycles. The molecule has 2 N–H and O–H groups in total. The highest BCUT2D eigenvalue weighted by Crippen LogP contribution is 2.06. The molecule has 0 unspecified atom stereocenters. The molecule has 1 atom stereocenters. The van der Waals surface area contributed by atoms with Gasteiger partial charge in [0.15, 0.2) is 0 Å². The second-order valence-corrected chi connectivity index (χ2v) is 5.29. The Hall–Kier alpha value is -1.30. The third-order valence-electron chi connectivity index (χ3n) is 3.11. The third-order valence-corrected chi connectivity index (χ3v) is 3.11. The van der Waals surface area contributed by atoms with Crippen molar-refractivity contribution in [2.75, 3.05) is 33.2 Å². The highest BCUT2D eigenvalue weighted by Gasteiger charge is 2.24. The van der Waals surface area contributed by atoms with Gasteiger partial charge in [0.1, 0.15) is 6.04 Å². The maximum Gasteiger partial charge on any atom is 0.318 e. The number of hydrogen-bond donors (Lipinski definition) is 1. The summed E-state index contributed by atoms with van der Waals surface area (Å²) in [5.74, 6) is -0.441. The number of carbonyl (C=O) groups is 2. The van der Waals surface area contributed by atoms with Gasteiger partial charge in [-0.2, -0.15) is 0 Å². The van der Waals surface area contributed by atoms with Crippen LogP contribution in [0, 0.1) is 5.92 Å². The lowest BCUT2D eigenvalue weighted by atomic mass is 10.0. The molecule has 0 saturated carbocycles. The van der Waals surface area contributed by atoms with Gasteiger partial charge >= 0.3 is 6.03 Å². The minimum atomic E-state index is -0.717. The van der Waals surface area contributed by atoms with Crippen LogP contribution in [0.15, 0.2) is 0 Å². The molecule has 1 rings (SSSR count). The SMILES string of the molecule is CC(C)C[C@H](NC(=O)N1CCN(C)CC1)C([NH])=O. The highest BCUT2D eigenvalue weighted by molar-refractivity contribution is 5.85. The van der Waals surface area contributed by atoms with Gasteiger partial charge in [0.05, 0.1) is 0 Å². The summed E-state index contributed by atoms with van der Waals surface area (Å²) in [5.41, 5.74) is 7.19. The van der Waals surface area contributed by atoms with Gasteiger partial charge in [-0.15, -0.1) is 0 Å². The van der Waals surface area contributed by atoms with Gasteiger partial charge in [0.25, 0.3) is 5.91 Å². The zero-order valence-corrected chi connectivity index (χ0v) is 11.4. The number of rotatable bonds is 4. The van der Waals surface area contributed by atoms with Gasteiger partial charge in [0.2, 0.25) is 0 Å². The third kappa shape index (κ3) is 4.52.